The van der Waals surface area contributed by atoms with Gasteiger partial charge in [-0.1, -0.05) is 29.4 Å². The first kappa shape index (κ1) is 23.2. The molecule has 0 bridgehead atoms. The number of nitrogens with one attached hydrogen (secondary N) is 1. The second kappa shape index (κ2) is 8.96. The Morgan fingerprint density at radius 1 is 1.26 bits per heavy atom. The van der Waals surface area contributed by atoms with Crippen LogP contribution in [0.2, 0.25) is 5.02 Å². The van der Waals surface area contributed by atoms with Crippen LogP contribution in [0.3, 0.4) is 0 Å². The third kappa shape index (κ3) is 6.04. The monoisotopic (exact) mass is 465 g/mol. The Morgan fingerprint density at radius 2 is 1.94 bits per heavy atom. The number of carbonyl (C=O) groups is 1. The maximum Gasteiger partial charge on any atom is 0.408 e. The van der Waals surface area contributed by atoms with Gasteiger partial charge in [0, 0.05) is 23.5 Å². The highest BCUT2D eigenvalue weighted by Gasteiger charge is 2.34. The molecule has 5 N–H and O–H groups in total. The lowest BCUT2D eigenvalue weighted by Gasteiger charge is -2.39. The van der Waals surface area contributed by atoms with Gasteiger partial charge in [-0.25, -0.2) is 4.79 Å². The number of nitrogen functional groups attached to an aromatic ring is 2. The van der Waals surface area contributed by atoms with E-state index in [1.807, 2.05) is 44.7 Å². The first-order chi connectivity index (χ1) is 14.5. The average molecular weight is 466 g/mol. The lowest BCUT2D eigenvalue weighted by atomic mass is 9.90. The number of rotatable bonds is 4. The topological polar surface area (TPSA) is 132 Å². The molecule has 0 atom stereocenters. The Morgan fingerprint density at radius 3 is 2.55 bits per heavy atom. The zero-order valence-electron chi connectivity index (χ0n) is 18.1. The van der Waals surface area contributed by atoms with Gasteiger partial charge in [-0.2, -0.15) is 4.98 Å². The molecule has 11 heteroatoms. The number of ether oxygens (including phenoxy) is 1. The van der Waals surface area contributed by atoms with Crippen molar-refractivity contribution in [1.29, 1.82) is 0 Å². The molecule has 9 nitrogen and oxygen atoms in total. The minimum atomic E-state index is -0.534. The molecule has 1 fully saturated rings. The number of aromatic nitrogens is 3. The molecule has 0 aliphatic carbocycles. The molecule has 1 amide bonds. The summed E-state index contributed by atoms with van der Waals surface area (Å²) in [5.41, 5.74) is 11.6. The van der Waals surface area contributed by atoms with E-state index in [0.717, 1.165) is 4.90 Å². The van der Waals surface area contributed by atoms with Crippen LogP contribution in [-0.2, 0) is 4.74 Å². The predicted molar refractivity (Wildman–Crippen MR) is 123 cm³/mol. The summed E-state index contributed by atoms with van der Waals surface area (Å²) in [6, 6.07) is 5.37. The fraction of sp³-hybridized carbons (Fsp3) is 0.500. The van der Waals surface area contributed by atoms with Crippen LogP contribution in [0.5, 0.6) is 0 Å². The van der Waals surface area contributed by atoms with Crippen molar-refractivity contribution in [3.63, 3.8) is 0 Å². The molecular weight excluding hydrogens is 438 g/mol. The van der Waals surface area contributed by atoms with Crippen molar-refractivity contribution in [2.75, 3.05) is 29.5 Å². The normalized spacial score (nSPS) is 16.1. The van der Waals surface area contributed by atoms with Gasteiger partial charge in [0.1, 0.15) is 5.60 Å². The number of nitrogens with two attached hydrogens (primary N) is 2. The third-order valence-electron chi connectivity index (χ3n) is 4.82. The van der Waals surface area contributed by atoms with Crippen molar-refractivity contribution in [1.82, 2.24) is 20.5 Å². The van der Waals surface area contributed by atoms with Crippen LogP contribution in [0, 0.1) is 0 Å². The second-order valence-corrected chi connectivity index (χ2v) is 10.1. The number of hydrogen-bond donors (Lipinski definition) is 3. The van der Waals surface area contributed by atoms with Crippen LogP contribution < -0.4 is 21.7 Å². The van der Waals surface area contributed by atoms with Crippen LogP contribution in [0.1, 0.15) is 40.5 Å². The van der Waals surface area contributed by atoms with Crippen LogP contribution >= 0.6 is 23.4 Å². The molecule has 1 aromatic heterocycles. The Labute approximate surface area is 191 Å². The molecule has 2 aromatic rings. The van der Waals surface area contributed by atoms with Gasteiger partial charge in [0.15, 0.2) is 10.8 Å². The molecule has 1 aliphatic heterocycles. The number of alkyl carbamates (subject to hydrolysis) is 1. The lowest BCUT2D eigenvalue weighted by Crippen LogP contribution is -2.54. The first-order valence-corrected chi connectivity index (χ1v) is 11.1. The molecule has 0 unspecified atom stereocenters. The van der Waals surface area contributed by atoms with Crippen molar-refractivity contribution >= 4 is 46.9 Å². The van der Waals surface area contributed by atoms with E-state index < -0.39 is 11.7 Å². The Kier molecular flexibility index (Phi) is 6.70. The minimum Gasteiger partial charge on any atom is -0.444 e. The van der Waals surface area contributed by atoms with Gasteiger partial charge in [0.25, 0.3) is 0 Å². The third-order valence-corrected chi connectivity index (χ3v) is 6.40. The van der Waals surface area contributed by atoms with E-state index in [4.69, 9.17) is 27.8 Å². The molecule has 168 valence electrons. The van der Waals surface area contributed by atoms with Crippen LogP contribution in [0.4, 0.5) is 22.2 Å². The van der Waals surface area contributed by atoms with Gasteiger partial charge in [-0.15, -0.1) is 10.2 Å². The minimum absolute atomic E-state index is 0.272. The quantitative estimate of drug-likeness (QED) is 0.577. The number of benzene rings is 1. The molecule has 2 heterocycles. The number of amides is 1. The molecule has 0 saturated carbocycles. The summed E-state index contributed by atoms with van der Waals surface area (Å²) in [7, 11) is 0. The zero-order chi connectivity index (χ0) is 22.8. The number of nitrogens with zero attached hydrogens (tertiary/aromatic N) is 4. The first-order valence-electron chi connectivity index (χ1n) is 9.94. The van der Waals surface area contributed by atoms with Gasteiger partial charge in [0.2, 0.25) is 5.95 Å². The molecule has 0 spiro atoms. The summed E-state index contributed by atoms with van der Waals surface area (Å²) >= 11 is 7.51. The van der Waals surface area contributed by atoms with E-state index in [-0.39, 0.29) is 11.4 Å². The molecule has 31 heavy (non-hydrogen) atoms. The molecule has 1 aliphatic rings. The lowest BCUT2D eigenvalue weighted by molar-refractivity contribution is 0.0448. The van der Waals surface area contributed by atoms with Gasteiger partial charge in [-0.3, -0.25) is 0 Å². The number of anilines is 3. The summed E-state index contributed by atoms with van der Waals surface area (Å²) < 4.78 is 5.38. The van der Waals surface area contributed by atoms with E-state index in [1.54, 1.807) is 6.07 Å². The summed E-state index contributed by atoms with van der Waals surface area (Å²) in [5, 5.41) is 12.4. The smallest absolute Gasteiger partial charge is 0.408 e. The van der Waals surface area contributed by atoms with Crippen LogP contribution in [0.15, 0.2) is 28.1 Å². The zero-order valence-corrected chi connectivity index (χ0v) is 19.7. The Hall–Kier alpha value is -2.46. The van der Waals surface area contributed by atoms with E-state index >= 15 is 0 Å². The van der Waals surface area contributed by atoms with E-state index in [2.05, 4.69) is 20.5 Å². The SMILES string of the molecule is CC1(NC(=O)OC(C)(C)C)CCN(c2nnc(Sc3cccc(N)c3Cl)c(N)n2)CC1. The van der Waals surface area contributed by atoms with Gasteiger partial charge < -0.3 is 26.4 Å². The summed E-state index contributed by atoms with van der Waals surface area (Å²) in [4.78, 5) is 19.3. The highest BCUT2D eigenvalue weighted by Crippen LogP contribution is 2.37. The van der Waals surface area contributed by atoms with E-state index in [0.29, 0.717) is 47.6 Å². The molecule has 1 aromatic carbocycles. The van der Waals surface area contributed by atoms with Crippen molar-refractivity contribution in [2.24, 2.45) is 0 Å². The summed E-state index contributed by atoms with van der Waals surface area (Å²) in [6.07, 6.45) is 1.02. The van der Waals surface area contributed by atoms with Crippen LogP contribution in [-0.4, -0.2) is 45.5 Å². The van der Waals surface area contributed by atoms with Crippen LogP contribution in [0.25, 0.3) is 0 Å². The van der Waals surface area contributed by atoms with Crippen molar-refractivity contribution in [3.05, 3.63) is 23.2 Å². The van der Waals surface area contributed by atoms with Gasteiger partial charge >= 0.3 is 6.09 Å². The van der Waals surface area contributed by atoms with Crippen molar-refractivity contribution in [3.8, 4) is 0 Å². The average Bonchev–Trinajstić information content (AvgIpc) is 2.65. The largest absolute Gasteiger partial charge is 0.444 e. The summed E-state index contributed by atoms with van der Waals surface area (Å²) in [6.45, 7) is 8.84. The number of hydrogen-bond acceptors (Lipinski definition) is 9. The maximum atomic E-state index is 12.1. The number of piperidine rings is 1. The summed E-state index contributed by atoms with van der Waals surface area (Å²) in [5.74, 6) is 0.730. The fourth-order valence-corrected chi connectivity index (χ4v) is 4.15. The highest BCUT2D eigenvalue weighted by atomic mass is 35.5. The van der Waals surface area contributed by atoms with Crippen molar-refractivity contribution < 1.29 is 9.53 Å². The molecule has 0 radical (unpaired) electrons. The Bertz CT molecular complexity index is 959. The molecule has 3 rings (SSSR count). The number of halogens is 1. The second-order valence-electron chi connectivity index (χ2n) is 8.74. The number of carbonyl (C=O) groups excluding carboxylic acids is 1. The molecule has 1 saturated heterocycles. The van der Waals surface area contributed by atoms with Gasteiger partial charge in [0.05, 0.1) is 10.7 Å². The highest BCUT2D eigenvalue weighted by molar-refractivity contribution is 7.99. The standard InChI is InChI=1S/C20H28ClN7O2S/c1-19(2,3)30-18(29)25-20(4)8-10-28(11-9-20)17-24-15(23)16(26-27-17)31-13-7-5-6-12(22)14(13)21/h5-7H,8-11,22H2,1-4H3,(H,25,29)(H2,23,24,27). The van der Waals surface area contributed by atoms with Gasteiger partial charge in [-0.05, 0) is 52.7 Å². The fourth-order valence-electron chi connectivity index (χ4n) is 3.11. The molecular formula is C20H28ClN7O2S. The predicted octanol–water partition coefficient (Wildman–Crippen LogP) is 3.72. The maximum absolute atomic E-state index is 12.1. The van der Waals surface area contributed by atoms with Crippen molar-refractivity contribution in [2.45, 2.75) is 61.6 Å². The van der Waals surface area contributed by atoms with E-state index in [9.17, 15) is 4.79 Å². The van der Waals surface area contributed by atoms with E-state index in [1.165, 1.54) is 11.8 Å². The Balaban J connectivity index is 1.63.